The van der Waals surface area contributed by atoms with Gasteiger partial charge in [0.25, 0.3) is 0 Å². The van der Waals surface area contributed by atoms with Crippen LogP contribution in [0.2, 0.25) is 0 Å². The molecule has 0 fully saturated rings. The molecule has 0 saturated carbocycles. The van der Waals surface area contributed by atoms with Crippen LogP contribution >= 0.6 is 27.3 Å². The van der Waals surface area contributed by atoms with Gasteiger partial charge in [0.15, 0.2) is 5.78 Å². The average Bonchev–Trinajstić information content (AvgIpc) is 2.74. The van der Waals surface area contributed by atoms with Crippen molar-refractivity contribution in [2.24, 2.45) is 0 Å². The Morgan fingerprint density at radius 2 is 2.31 bits per heavy atom. The van der Waals surface area contributed by atoms with Crippen molar-refractivity contribution in [1.82, 2.24) is 4.98 Å². The summed E-state index contributed by atoms with van der Waals surface area (Å²) in [7, 11) is 0. The van der Waals surface area contributed by atoms with Crippen LogP contribution in [0.15, 0.2) is 34.2 Å². The molecule has 1 aromatic carbocycles. The average molecular weight is 300 g/mol. The number of ketones is 1. The van der Waals surface area contributed by atoms with Gasteiger partial charge in [0.1, 0.15) is 10.8 Å². The molecule has 0 unspecified atom stereocenters. The molecule has 0 bridgehead atoms. The van der Waals surface area contributed by atoms with Gasteiger partial charge in [-0.1, -0.05) is 12.1 Å². The summed E-state index contributed by atoms with van der Waals surface area (Å²) in [5.41, 5.74) is 0.357. The number of hydrogen-bond acceptors (Lipinski definition) is 3. The van der Waals surface area contributed by atoms with Crippen LogP contribution in [-0.2, 0) is 6.42 Å². The highest BCUT2D eigenvalue weighted by Crippen LogP contribution is 2.22. The molecule has 2 rings (SSSR count). The molecule has 0 atom stereocenters. The summed E-state index contributed by atoms with van der Waals surface area (Å²) in [6, 6.07) is 4.43. The van der Waals surface area contributed by atoms with Crippen molar-refractivity contribution >= 4 is 33.0 Å². The minimum Gasteiger partial charge on any atom is -0.294 e. The quantitative estimate of drug-likeness (QED) is 0.812. The van der Waals surface area contributed by atoms with Crippen molar-refractivity contribution < 1.29 is 9.18 Å². The van der Waals surface area contributed by atoms with Gasteiger partial charge in [-0.05, 0) is 22.0 Å². The highest BCUT2D eigenvalue weighted by Gasteiger charge is 2.14. The molecule has 1 heterocycles. The van der Waals surface area contributed by atoms with Gasteiger partial charge >= 0.3 is 0 Å². The number of carbonyl (C=O) groups excluding carboxylic acids is 1. The van der Waals surface area contributed by atoms with Gasteiger partial charge in [0, 0.05) is 17.1 Å². The minimum atomic E-state index is -0.426. The summed E-state index contributed by atoms with van der Waals surface area (Å²) in [4.78, 5) is 15.9. The Morgan fingerprint density at radius 1 is 1.50 bits per heavy atom. The van der Waals surface area contributed by atoms with E-state index in [1.165, 1.54) is 23.5 Å². The molecule has 16 heavy (non-hydrogen) atoms. The fourth-order valence-electron chi connectivity index (χ4n) is 1.29. The maximum atomic E-state index is 13.2. The van der Waals surface area contributed by atoms with Gasteiger partial charge in [-0.3, -0.25) is 4.79 Å². The zero-order valence-corrected chi connectivity index (χ0v) is 10.5. The van der Waals surface area contributed by atoms with E-state index in [0.717, 1.165) is 5.01 Å². The number of Topliss-reactive ketones (excluding diaryl/α,β-unsaturated/α-hetero) is 1. The fourth-order valence-corrected chi connectivity index (χ4v) is 2.39. The van der Waals surface area contributed by atoms with Crippen molar-refractivity contribution in [1.29, 1.82) is 0 Å². The predicted molar refractivity (Wildman–Crippen MR) is 64.2 cm³/mol. The van der Waals surface area contributed by atoms with Gasteiger partial charge in [-0.2, -0.15) is 0 Å². The second-order valence-electron chi connectivity index (χ2n) is 3.13. The molecule has 0 aliphatic rings. The number of thiazole rings is 1. The van der Waals surface area contributed by atoms with E-state index >= 15 is 0 Å². The molecule has 0 aliphatic carbocycles. The molecule has 1 aromatic heterocycles. The van der Waals surface area contributed by atoms with E-state index in [2.05, 4.69) is 20.9 Å². The molecule has 0 amide bonds. The largest absolute Gasteiger partial charge is 0.294 e. The second-order valence-corrected chi connectivity index (χ2v) is 4.90. The Bertz CT molecular complexity index is 513. The highest BCUT2D eigenvalue weighted by molar-refractivity contribution is 9.10. The number of nitrogens with zero attached hydrogens (tertiary/aromatic N) is 1. The lowest BCUT2D eigenvalue weighted by Crippen LogP contribution is -2.05. The first-order valence-electron chi connectivity index (χ1n) is 4.54. The predicted octanol–water partition coefficient (Wildman–Crippen LogP) is 3.47. The molecule has 2 aromatic rings. The van der Waals surface area contributed by atoms with Crippen molar-refractivity contribution in [3.8, 4) is 0 Å². The highest BCUT2D eigenvalue weighted by atomic mass is 79.9. The Kier molecular flexibility index (Phi) is 3.46. The lowest BCUT2D eigenvalue weighted by molar-refractivity contribution is 0.0991. The van der Waals surface area contributed by atoms with E-state index in [0.29, 0.717) is 5.56 Å². The Hall–Kier alpha value is -1.07. The van der Waals surface area contributed by atoms with E-state index in [4.69, 9.17) is 0 Å². The zero-order chi connectivity index (χ0) is 11.5. The monoisotopic (exact) mass is 299 g/mol. The molecule has 0 aliphatic heterocycles. The summed E-state index contributed by atoms with van der Waals surface area (Å²) in [6.45, 7) is 0. The van der Waals surface area contributed by atoms with E-state index in [1.54, 1.807) is 12.3 Å². The molecule has 0 N–H and O–H groups in total. The van der Waals surface area contributed by atoms with Crippen LogP contribution < -0.4 is 0 Å². The third kappa shape index (κ3) is 2.36. The topological polar surface area (TPSA) is 30.0 Å². The van der Waals surface area contributed by atoms with Gasteiger partial charge in [-0.25, -0.2) is 9.37 Å². The van der Waals surface area contributed by atoms with Crippen LogP contribution in [0, 0.1) is 5.82 Å². The molecule has 0 radical (unpaired) electrons. The van der Waals surface area contributed by atoms with Gasteiger partial charge in [0.2, 0.25) is 0 Å². The van der Waals surface area contributed by atoms with Crippen LogP contribution in [0.3, 0.4) is 0 Å². The lowest BCUT2D eigenvalue weighted by Gasteiger charge is -2.02. The van der Waals surface area contributed by atoms with Crippen molar-refractivity contribution in [3.05, 3.63) is 50.6 Å². The first-order valence-corrected chi connectivity index (χ1v) is 6.21. The third-order valence-electron chi connectivity index (χ3n) is 2.05. The number of benzene rings is 1. The van der Waals surface area contributed by atoms with Gasteiger partial charge < -0.3 is 0 Å². The van der Waals surface area contributed by atoms with Crippen molar-refractivity contribution in [3.63, 3.8) is 0 Å². The summed E-state index contributed by atoms with van der Waals surface area (Å²) in [5, 5.41) is 2.55. The third-order valence-corrected chi connectivity index (χ3v) is 3.63. The molecule has 82 valence electrons. The van der Waals surface area contributed by atoms with Gasteiger partial charge in [0.05, 0.1) is 10.9 Å². The number of hydrogen-bond donors (Lipinski definition) is 0. The van der Waals surface area contributed by atoms with E-state index in [9.17, 15) is 9.18 Å². The molecule has 0 saturated heterocycles. The van der Waals surface area contributed by atoms with E-state index < -0.39 is 5.82 Å². The maximum absolute atomic E-state index is 13.2. The SMILES string of the molecule is O=C(Cc1nccs1)c1cccc(F)c1Br. The Balaban J connectivity index is 2.24. The molecule has 5 heteroatoms. The maximum Gasteiger partial charge on any atom is 0.170 e. The molecule has 0 spiro atoms. The fraction of sp³-hybridized carbons (Fsp3) is 0.0909. The van der Waals surface area contributed by atoms with Crippen LogP contribution in [0.25, 0.3) is 0 Å². The normalized spacial score (nSPS) is 10.4. The summed E-state index contributed by atoms with van der Waals surface area (Å²) < 4.78 is 13.4. The van der Waals surface area contributed by atoms with Crippen molar-refractivity contribution in [2.45, 2.75) is 6.42 Å². The van der Waals surface area contributed by atoms with E-state index in [-0.39, 0.29) is 16.7 Å². The van der Waals surface area contributed by atoms with E-state index in [1.807, 2.05) is 5.38 Å². The Morgan fingerprint density at radius 3 is 3.00 bits per heavy atom. The summed E-state index contributed by atoms with van der Waals surface area (Å²) in [6.07, 6.45) is 1.85. The minimum absolute atomic E-state index is 0.138. The number of aromatic nitrogens is 1. The standard InChI is InChI=1S/C11H7BrFNOS/c12-11-7(2-1-3-8(11)13)9(15)6-10-14-4-5-16-10/h1-5H,6H2. The van der Waals surface area contributed by atoms with Crippen LogP contribution in [-0.4, -0.2) is 10.8 Å². The second kappa shape index (κ2) is 4.84. The first-order chi connectivity index (χ1) is 7.68. The number of carbonyl (C=O) groups is 1. The zero-order valence-electron chi connectivity index (χ0n) is 8.11. The smallest absolute Gasteiger partial charge is 0.170 e. The molecule has 2 nitrogen and oxygen atoms in total. The van der Waals surface area contributed by atoms with Crippen molar-refractivity contribution in [2.75, 3.05) is 0 Å². The first kappa shape index (κ1) is 11.4. The van der Waals surface area contributed by atoms with Crippen LogP contribution in [0.4, 0.5) is 4.39 Å². The lowest BCUT2D eigenvalue weighted by atomic mass is 10.1. The number of halogens is 2. The van der Waals surface area contributed by atoms with Crippen LogP contribution in [0.5, 0.6) is 0 Å². The van der Waals surface area contributed by atoms with Crippen LogP contribution in [0.1, 0.15) is 15.4 Å². The Labute approximate surface area is 104 Å². The molecular weight excluding hydrogens is 293 g/mol. The summed E-state index contributed by atoms with van der Waals surface area (Å²) >= 11 is 4.49. The summed E-state index contributed by atoms with van der Waals surface area (Å²) in [5.74, 6) is -0.564. The van der Waals surface area contributed by atoms with Gasteiger partial charge in [-0.15, -0.1) is 11.3 Å². The number of rotatable bonds is 3. The molecular formula is C11H7BrFNOS.